The summed E-state index contributed by atoms with van der Waals surface area (Å²) in [6, 6.07) is 8.67. The molecule has 1 aliphatic heterocycles. The van der Waals surface area contributed by atoms with E-state index in [1.165, 1.54) is 25.8 Å². The van der Waals surface area contributed by atoms with Crippen LogP contribution in [0.25, 0.3) is 0 Å². The van der Waals surface area contributed by atoms with E-state index in [2.05, 4.69) is 21.2 Å². The van der Waals surface area contributed by atoms with Crippen LogP contribution >= 0.6 is 15.9 Å². The highest BCUT2D eigenvalue weighted by Crippen LogP contribution is 2.17. The zero-order valence-electron chi connectivity index (χ0n) is 9.42. The van der Waals surface area contributed by atoms with Crippen molar-refractivity contribution in [2.24, 2.45) is 0 Å². The van der Waals surface area contributed by atoms with Gasteiger partial charge in [0.1, 0.15) is 5.75 Å². The number of piperidine rings is 1. The van der Waals surface area contributed by atoms with Crippen molar-refractivity contribution in [2.75, 3.05) is 13.2 Å². The van der Waals surface area contributed by atoms with Crippen LogP contribution in [0.1, 0.15) is 25.7 Å². The lowest BCUT2D eigenvalue weighted by Gasteiger charge is -2.23. The van der Waals surface area contributed by atoms with E-state index in [0.29, 0.717) is 6.04 Å². The van der Waals surface area contributed by atoms with Crippen LogP contribution in [0.3, 0.4) is 0 Å². The lowest BCUT2D eigenvalue weighted by atomic mass is 10.0. The summed E-state index contributed by atoms with van der Waals surface area (Å²) >= 11 is 3.41. The van der Waals surface area contributed by atoms with Crippen LogP contribution in [-0.2, 0) is 0 Å². The molecule has 1 fully saturated rings. The van der Waals surface area contributed by atoms with Gasteiger partial charge in [-0.3, -0.25) is 0 Å². The monoisotopic (exact) mass is 283 g/mol. The Labute approximate surface area is 106 Å². The highest BCUT2D eigenvalue weighted by molar-refractivity contribution is 9.10. The van der Waals surface area contributed by atoms with Gasteiger partial charge in [-0.05, 0) is 50.1 Å². The Morgan fingerprint density at radius 2 is 2.06 bits per heavy atom. The Morgan fingerprint density at radius 1 is 1.25 bits per heavy atom. The fourth-order valence-corrected chi connectivity index (χ4v) is 2.28. The van der Waals surface area contributed by atoms with Crippen LogP contribution in [-0.4, -0.2) is 19.2 Å². The Balaban J connectivity index is 1.69. The van der Waals surface area contributed by atoms with Crippen molar-refractivity contribution in [3.8, 4) is 5.75 Å². The van der Waals surface area contributed by atoms with Gasteiger partial charge in [-0.15, -0.1) is 0 Å². The third kappa shape index (κ3) is 3.80. The molecule has 1 heterocycles. The van der Waals surface area contributed by atoms with Gasteiger partial charge >= 0.3 is 0 Å². The van der Waals surface area contributed by atoms with Gasteiger partial charge in [0.25, 0.3) is 0 Å². The van der Waals surface area contributed by atoms with Crippen LogP contribution in [0.15, 0.2) is 28.7 Å². The Hall–Kier alpha value is -0.540. The number of halogens is 1. The molecule has 88 valence electrons. The van der Waals surface area contributed by atoms with Gasteiger partial charge in [0, 0.05) is 10.5 Å². The Morgan fingerprint density at radius 3 is 2.75 bits per heavy atom. The normalized spacial score (nSPS) is 20.7. The maximum atomic E-state index is 5.70. The van der Waals surface area contributed by atoms with E-state index in [9.17, 15) is 0 Å². The molecule has 3 heteroatoms. The summed E-state index contributed by atoms with van der Waals surface area (Å²) in [4.78, 5) is 0. The van der Waals surface area contributed by atoms with Crippen molar-refractivity contribution in [1.29, 1.82) is 0 Å². The zero-order valence-corrected chi connectivity index (χ0v) is 11.0. The summed E-state index contributed by atoms with van der Waals surface area (Å²) in [6.45, 7) is 1.97. The third-order valence-electron chi connectivity index (χ3n) is 2.96. The first-order valence-electron chi connectivity index (χ1n) is 5.96. The minimum Gasteiger partial charge on any atom is -0.494 e. The van der Waals surface area contributed by atoms with Crippen LogP contribution < -0.4 is 10.1 Å². The van der Waals surface area contributed by atoms with E-state index >= 15 is 0 Å². The van der Waals surface area contributed by atoms with Gasteiger partial charge in [0.05, 0.1) is 6.61 Å². The molecule has 2 rings (SSSR count). The number of hydrogen-bond acceptors (Lipinski definition) is 2. The smallest absolute Gasteiger partial charge is 0.119 e. The lowest BCUT2D eigenvalue weighted by Crippen LogP contribution is -2.35. The second-order valence-electron chi connectivity index (χ2n) is 4.24. The predicted octanol–water partition coefficient (Wildman–Crippen LogP) is 3.36. The standard InChI is InChI=1S/C13H18BrNO/c14-11-4-6-13(7-5-11)16-10-8-12-3-1-2-9-15-12/h4-7,12,15H,1-3,8-10H2. The molecule has 1 unspecified atom stereocenters. The van der Waals surface area contributed by atoms with Crippen molar-refractivity contribution in [3.05, 3.63) is 28.7 Å². The third-order valence-corrected chi connectivity index (χ3v) is 3.49. The maximum Gasteiger partial charge on any atom is 0.119 e. The van der Waals surface area contributed by atoms with Crippen LogP contribution in [0, 0.1) is 0 Å². The summed E-state index contributed by atoms with van der Waals surface area (Å²) in [5.74, 6) is 0.957. The highest BCUT2D eigenvalue weighted by atomic mass is 79.9. The molecule has 0 saturated carbocycles. The minimum atomic E-state index is 0.657. The average molecular weight is 284 g/mol. The number of ether oxygens (including phenoxy) is 1. The van der Waals surface area contributed by atoms with Crippen LogP contribution in [0.4, 0.5) is 0 Å². The number of rotatable bonds is 4. The first-order chi connectivity index (χ1) is 7.84. The summed E-state index contributed by atoms with van der Waals surface area (Å²) in [5, 5.41) is 3.53. The molecule has 0 aliphatic carbocycles. The second kappa shape index (κ2) is 6.26. The molecule has 0 spiro atoms. The van der Waals surface area contributed by atoms with Crippen molar-refractivity contribution in [3.63, 3.8) is 0 Å². The summed E-state index contributed by atoms with van der Waals surface area (Å²) < 4.78 is 6.79. The van der Waals surface area contributed by atoms with Crippen molar-refractivity contribution < 1.29 is 4.74 Å². The largest absolute Gasteiger partial charge is 0.494 e. The molecule has 0 amide bonds. The molecule has 1 N–H and O–H groups in total. The van der Waals surface area contributed by atoms with E-state index in [1.54, 1.807) is 0 Å². The van der Waals surface area contributed by atoms with Gasteiger partial charge in [-0.1, -0.05) is 22.4 Å². The molecular formula is C13H18BrNO. The molecule has 1 atom stereocenters. The minimum absolute atomic E-state index is 0.657. The van der Waals surface area contributed by atoms with E-state index in [4.69, 9.17) is 4.74 Å². The van der Waals surface area contributed by atoms with Gasteiger partial charge in [-0.2, -0.15) is 0 Å². The Bertz CT molecular complexity index is 306. The number of nitrogens with one attached hydrogen (secondary N) is 1. The predicted molar refractivity (Wildman–Crippen MR) is 69.9 cm³/mol. The summed E-state index contributed by atoms with van der Waals surface area (Å²) in [7, 11) is 0. The molecular weight excluding hydrogens is 266 g/mol. The van der Waals surface area contributed by atoms with Crippen LogP contribution in [0.5, 0.6) is 5.75 Å². The van der Waals surface area contributed by atoms with E-state index < -0.39 is 0 Å². The number of hydrogen-bond donors (Lipinski definition) is 1. The van der Waals surface area contributed by atoms with Crippen molar-refractivity contribution >= 4 is 15.9 Å². The van der Waals surface area contributed by atoms with E-state index in [-0.39, 0.29) is 0 Å². The SMILES string of the molecule is Brc1ccc(OCCC2CCCCN2)cc1. The van der Waals surface area contributed by atoms with Gasteiger partial charge in [-0.25, -0.2) is 0 Å². The quantitative estimate of drug-likeness (QED) is 0.915. The molecule has 0 bridgehead atoms. The topological polar surface area (TPSA) is 21.3 Å². The first-order valence-corrected chi connectivity index (χ1v) is 6.75. The summed E-state index contributed by atoms with van der Waals surface area (Å²) in [5.41, 5.74) is 0. The molecule has 1 aromatic rings. The highest BCUT2D eigenvalue weighted by Gasteiger charge is 2.11. The fraction of sp³-hybridized carbons (Fsp3) is 0.538. The molecule has 1 aliphatic rings. The van der Waals surface area contributed by atoms with E-state index in [1.807, 2.05) is 24.3 Å². The van der Waals surface area contributed by atoms with E-state index in [0.717, 1.165) is 23.2 Å². The molecule has 1 aromatic carbocycles. The molecule has 2 nitrogen and oxygen atoms in total. The van der Waals surface area contributed by atoms with Gasteiger partial charge in [0.2, 0.25) is 0 Å². The molecule has 16 heavy (non-hydrogen) atoms. The Kier molecular flexibility index (Phi) is 4.67. The van der Waals surface area contributed by atoms with Crippen molar-refractivity contribution in [2.45, 2.75) is 31.7 Å². The van der Waals surface area contributed by atoms with Crippen molar-refractivity contribution in [1.82, 2.24) is 5.32 Å². The zero-order chi connectivity index (χ0) is 11.2. The fourth-order valence-electron chi connectivity index (χ4n) is 2.02. The maximum absolute atomic E-state index is 5.70. The van der Waals surface area contributed by atoms with Gasteiger partial charge in [0.15, 0.2) is 0 Å². The average Bonchev–Trinajstić information content (AvgIpc) is 2.33. The lowest BCUT2D eigenvalue weighted by molar-refractivity contribution is 0.268. The molecule has 1 saturated heterocycles. The second-order valence-corrected chi connectivity index (χ2v) is 5.15. The summed E-state index contributed by atoms with van der Waals surface area (Å²) in [6.07, 6.45) is 5.08. The molecule has 0 radical (unpaired) electrons. The van der Waals surface area contributed by atoms with Crippen LogP contribution in [0.2, 0.25) is 0 Å². The molecule has 0 aromatic heterocycles. The number of benzene rings is 1. The first kappa shape index (κ1) is 11.9. The van der Waals surface area contributed by atoms with Gasteiger partial charge < -0.3 is 10.1 Å².